The standard InChI is InChI=1S/C15H17F2N3/c1-10(2)8-18-9-12-5-6-19-15(20-12)11-3-4-13(16)14(17)7-11/h3-7,10,18H,8-9H2,1-2H3. The first kappa shape index (κ1) is 14.5. The maximum atomic E-state index is 13.2. The minimum Gasteiger partial charge on any atom is -0.311 e. The highest BCUT2D eigenvalue weighted by atomic mass is 19.2. The third-order valence-corrected chi connectivity index (χ3v) is 2.75. The Morgan fingerprint density at radius 2 is 1.95 bits per heavy atom. The van der Waals surface area contributed by atoms with Gasteiger partial charge in [0.2, 0.25) is 0 Å². The molecular weight excluding hydrogens is 260 g/mol. The summed E-state index contributed by atoms with van der Waals surface area (Å²) in [5, 5.41) is 3.28. The molecule has 5 heteroatoms. The average molecular weight is 277 g/mol. The summed E-state index contributed by atoms with van der Waals surface area (Å²) >= 11 is 0. The number of aromatic nitrogens is 2. The van der Waals surface area contributed by atoms with Crippen molar-refractivity contribution in [1.82, 2.24) is 15.3 Å². The predicted molar refractivity (Wildman–Crippen MR) is 73.9 cm³/mol. The van der Waals surface area contributed by atoms with Crippen molar-refractivity contribution in [2.75, 3.05) is 6.54 Å². The van der Waals surface area contributed by atoms with Crippen LogP contribution in [-0.2, 0) is 6.54 Å². The van der Waals surface area contributed by atoms with Gasteiger partial charge in [-0.1, -0.05) is 13.8 Å². The van der Waals surface area contributed by atoms with Crippen LogP contribution in [0.25, 0.3) is 11.4 Å². The lowest BCUT2D eigenvalue weighted by Crippen LogP contribution is -2.19. The first-order chi connectivity index (χ1) is 9.56. The molecule has 0 spiro atoms. The topological polar surface area (TPSA) is 37.8 Å². The van der Waals surface area contributed by atoms with Gasteiger partial charge in [0.15, 0.2) is 17.5 Å². The molecule has 2 aromatic rings. The molecule has 0 saturated heterocycles. The summed E-state index contributed by atoms with van der Waals surface area (Å²) in [5.41, 5.74) is 1.29. The number of nitrogens with zero attached hydrogens (tertiary/aromatic N) is 2. The number of benzene rings is 1. The van der Waals surface area contributed by atoms with Gasteiger partial charge in [-0.25, -0.2) is 18.7 Å². The summed E-state index contributed by atoms with van der Waals surface area (Å²) < 4.78 is 26.1. The van der Waals surface area contributed by atoms with Gasteiger partial charge in [-0.3, -0.25) is 0 Å². The van der Waals surface area contributed by atoms with Crippen LogP contribution in [0.5, 0.6) is 0 Å². The first-order valence-electron chi connectivity index (χ1n) is 6.54. The highest BCUT2D eigenvalue weighted by Crippen LogP contribution is 2.17. The van der Waals surface area contributed by atoms with Gasteiger partial charge >= 0.3 is 0 Å². The maximum Gasteiger partial charge on any atom is 0.159 e. The number of hydrogen-bond donors (Lipinski definition) is 1. The number of halogens is 2. The fourth-order valence-electron chi connectivity index (χ4n) is 1.76. The Bertz CT molecular complexity index is 585. The van der Waals surface area contributed by atoms with Crippen molar-refractivity contribution in [3.63, 3.8) is 0 Å². The fraction of sp³-hybridized carbons (Fsp3) is 0.333. The second-order valence-electron chi connectivity index (χ2n) is 5.03. The molecule has 0 aliphatic heterocycles. The molecule has 106 valence electrons. The molecule has 0 bridgehead atoms. The molecule has 1 aromatic carbocycles. The molecule has 1 heterocycles. The van der Waals surface area contributed by atoms with Gasteiger partial charge in [-0.2, -0.15) is 0 Å². The van der Waals surface area contributed by atoms with Crippen LogP contribution in [0.15, 0.2) is 30.5 Å². The van der Waals surface area contributed by atoms with Crippen LogP contribution in [0.1, 0.15) is 19.5 Å². The highest BCUT2D eigenvalue weighted by molar-refractivity contribution is 5.54. The normalized spacial score (nSPS) is 11.1. The lowest BCUT2D eigenvalue weighted by Gasteiger charge is -2.08. The van der Waals surface area contributed by atoms with Crippen LogP contribution in [0.2, 0.25) is 0 Å². The maximum absolute atomic E-state index is 13.2. The third kappa shape index (κ3) is 3.81. The summed E-state index contributed by atoms with van der Waals surface area (Å²) in [6, 6.07) is 5.46. The molecule has 3 nitrogen and oxygen atoms in total. The van der Waals surface area contributed by atoms with E-state index in [1.165, 1.54) is 6.07 Å². The molecule has 0 unspecified atom stereocenters. The van der Waals surface area contributed by atoms with Crippen molar-refractivity contribution in [2.24, 2.45) is 5.92 Å². The van der Waals surface area contributed by atoms with Crippen LogP contribution in [0.4, 0.5) is 8.78 Å². The van der Waals surface area contributed by atoms with Gasteiger partial charge < -0.3 is 5.32 Å². The molecule has 1 N–H and O–H groups in total. The van der Waals surface area contributed by atoms with E-state index in [2.05, 4.69) is 29.1 Å². The molecule has 1 aromatic heterocycles. The van der Waals surface area contributed by atoms with Gasteiger partial charge in [0.05, 0.1) is 5.69 Å². The van der Waals surface area contributed by atoms with Crippen LogP contribution in [0, 0.1) is 17.6 Å². The quantitative estimate of drug-likeness (QED) is 0.912. The monoisotopic (exact) mass is 277 g/mol. The highest BCUT2D eigenvalue weighted by Gasteiger charge is 2.07. The van der Waals surface area contributed by atoms with Crippen molar-refractivity contribution in [3.8, 4) is 11.4 Å². The van der Waals surface area contributed by atoms with E-state index in [4.69, 9.17) is 0 Å². The van der Waals surface area contributed by atoms with Crippen LogP contribution < -0.4 is 5.32 Å². The van der Waals surface area contributed by atoms with E-state index in [1.807, 2.05) is 0 Å². The molecular formula is C15H17F2N3. The molecule has 0 saturated carbocycles. The lowest BCUT2D eigenvalue weighted by molar-refractivity contribution is 0.509. The smallest absolute Gasteiger partial charge is 0.159 e. The summed E-state index contributed by atoms with van der Waals surface area (Å²) in [5.74, 6) is -0.812. The second-order valence-corrected chi connectivity index (χ2v) is 5.03. The van der Waals surface area contributed by atoms with Crippen molar-refractivity contribution in [1.29, 1.82) is 0 Å². The van der Waals surface area contributed by atoms with Crippen molar-refractivity contribution in [2.45, 2.75) is 20.4 Å². The van der Waals surface area contributed by atoms with Crippen molar-refractivity contribution >= 4 is 0 Å². The van der Waals surface area contributed by atoms with Gasteiger partial charge in [0.25, 0.3) is 0 Å². The molecule has 0 amide bonds. The number of hydrogen-bond acceptors (Lipinski definition) is 3. The zero-order valence-electron chi connectivity index (χ0n) is 11.5. The Balaban J connectivity index is 2.14. The Morgan fingerprint density at radius 3 is 2.65 bits per heavy atom. The van der Waals surface area contributed by atoms with Gasteiger partial charge in [-0.15, -0.1) is 0 Å². The summed E-state index contributed by atoms with van der Waals surface area (Å²) in [6.45, 7) is 5.77. The van der Waals surface area contributed by atoms with Gasteiger partial charge in [0.1, 0.15) is 0 Å². The molecule has 2 rings (SSSR count). The van der Waals surface area contributed by atoms with E-state index >= 15 is 0 Å². The summed E-state index contributed by atoms with van der Waals surface area (Å²) in [4.78, 5) is 8.44. The predicted octanol–water partition coefficient (Wildman–Crippen LogP) is 3.17. The van der Waals surface area contributed by atoms with Crippen LogP contribution >= 0.6 is 0 Å². The SMILES string of the molecule is CC(C)CNCc1ccnc(-c2ccc(F)c(F)c2)n1. The molecule has 20 heavy (non-hydrogen) atoms. The largest absolute Gasteiger partial charge is 0.311 e. The summed E-state index contributed by atoms with van der Waals surface area (Å²) in [6.07, 6.45) is 1.62. The Labute approximate surface area is 117 Å². The van der Waals surface area contributed by atoms with E-state index in [9.17, 15) is 8.78 Å². The Kier molecular flexibility index (Phi) is 4.74. The second kappa shape index (κ2) is 6.52. The van der Waals surface area contributed by atoms with Gasteiger partial charge in [0, 0.05) is 18.3 Å². The molecule has 0 fully saturated rings. The van der Waals surface area contributed by atoms with E-state index in [0.717, 1.165) is 24.4 Å². The van der Waals surface area contributed by atoms with Crippen molar-refractivity contribution < 1.29 is 8.78 Å². The van der Waals surface area contributed by atoms with E-state index in [0.29, 0.717) is 23.9 Å². The van der Waals surface area contributed by atoms with Crippen molar-refractivity contribution in [3.05, 3.63) is 47.8 Å². The molecule has 0 radical (unpaired) electrons. The lowest BCUT2D eigenvalue weighted by atomic mass is 10.2. The zero-order chi connectivity index (χ0) is 14.5. The first-order valence-corrected chi connectivity index (χ1v) is 6.54. The molecule has 0 atom stereocenters. The van der Waals surface area contributed by atoms with Crippen LogP contribution in [0.3, 0.4) is 0 Å². The zero-order valence-corrected chi connectivity index (χ0v) is 11.5. The Morgan fingerprint density at radius 1 is 1.15 bits per heavy atom. The number of rotatable bonds is 5. The summed E-state index contributed by atoms with van der Waals surface area (Å²) in [7, 11) is 0. The molecule has 0 aliphatic carbocycles. The third-order valence-electron chi connectivity index (χ3n) is 2.75. The van der Waals surface area contributed by atoms with E-state index in [1.54, 1.807) is 12.3 Å². The number of nitrogens with one attached hydrogen (secondary N) is 1. The van der Waals surface area contributed by atoms with E-state index < -0.39 is 11.6 Å². The Hall–Kier alpha value is -1.88. The minimum atomic E-state index is -0.894. The van der Waals surface area contributed by atoms with E-state index in [-0.39, 0.29) is 0 Å². The fourth-order valence-corrected chi connectivity index (χ4v) is 1.76. The molecule has 0 aliphatic rings. The van der Waals surface area contributed by atoms with Gasteiger partial charge in [-0.05, 0) is 36.7 Å². The minimum absolute atomic E-state index is 0.396. The average Bonchev–Trinajstić information content (AvgIpc) is 2.42. The van der Waals surface area contributed by atoms with Crippen LogP contribution in [-0.4, -0.2) is 16.5 Å².